The van der Waals surface area contributed by atoms with E-state index in [2.05, 4.69) is 18.9 Å². The van der Waals surface area contributed by atoms with Crippen LogP contribution in [0.25, 0.3) is 0 Å². The number of aryl methyl sites for hydroxylation is 2. The van der Waals surface area contributed by atoms with Crippen molar-refractivity contribution in [2.24, 2.45) is 12.8 Å². The van der Waals surface area contributed by atoms with E-state index in [1.54, 1.807) is 4.68 Å². The highest BCUT2D eigenvalue weighted by atomic mass is 35.5. The van der Waals surface area contributed by atoms with Gasteiger partial charge < -0.3 is 10.5 Å². The molecule has 0 aliphatic carbocycles. The van der Waals surface area contributed by atoms with Crippen LogP contribution in [0.3, 0.4) is 0 Å². The normalized spacial score (nSPS) is 16.6. The van der Waals surface area contributed by atoms with Crippen molar-refractivity contribution >= 4 is 11.6 Å². The number of ether oxygens (including phenoxy) is 1. The second kappa shape index (κ2) is 6.04. The van der Waals surface area contributed by atoms with Crippen LogP contribution in [-0.2, 0) is 18.2 Å². The largest absolute Gasteiger partial charge is 0.374 e. The molecule has 0 saturated heterocycles. The maximum atomic E-state index is 6.30. The van der Waals surface area contributed by atoms with Gasteiger partial charge in [-0.05, 0) is 27.2 Å². The van der Waals surface area contributed by atoms with Crippen LogP contribution in [0, 0.1) is 6.92 Å². The first-order valence-corrected chi connectivity index (χ1v) is 6.81. The monoisotopic (exact) mass is 273 g/mol. The van der Waals surface area contributed by atoms with E-state index < -0.39 is 0 Å². The molecule has 0 amide bonds. The minimum absolute atomic E-state index is 0.102. The third-order valence-electron chi connectivity index (χ3n) is 3.64. The van der Waals surface area contributed by atoms with Crippen molar-refractivity contribution in [3.8, 4) is 0 Å². The Morgan fingerprint density at radius 1 is 1.50 bits per heavy atom. The van der Waals surface area contributed by atoms with Gasteiger partial charge in [0.2, 0.25) is 0 Å². The van der Waals surface area contributed by atoms with Crippen LogP contribution in [0.1, 0.15) is 38.6 Å². The SMILES string of the molecule is CCOC(C)(CC)C(N)Cc1c(Cl)c(C)nn1C. The summed E-state index contributed by atoms with van der Waals surface area (Å²) in [5, 5.41) is 5.02. The summed E-state index contributed by atoms with van der Waals surface area (Å²) >= 11 is 6.25. The van der Waals surface area contributed by atoms with Gasteiger partial charge in [-0.2, -0.15) is 5.10 Å². The second-order valence-electron chi connectivity index (χ2n) is 4.88. The Balaban J connectivity index is 2.89. The van der Waals surface area contributed by atoms with E-state index >= 15 is 0 Å². The average Bonchev–Trinajstić information content (AvgIpc) is 2.56. The minimum atomic E-state index is -0.323. The first kappa shape index (κ1) is 15.5. The molecule has 2 N–H and O–H groups in total. The summed E-state index contributed by atoms with van der Waals surface area (Å²) < 4.78 is 7.61. The van der Waals surface area contributed by atoms with Gasteiger partial charge in [0, 0.05) is 26.1 Å². The maximum absolute atomic E-state index is 6.30. The summed E-state index contributed by atoms with van der Waals surface area (Å²) in [5.74, 6) is 0. The molecule has 0 bridgehead atoms. The van der Waals surface area contributed by atoms with Crippen molar-refractivity contribution in [1.29, 1.82) is 0 Å². The van der Waals surface area contributed by atoms with Gasteiger partial charge in [-0.3, -0.25) is 4.68 Å². The molecule has 0 aromatic carbocycles. The van der Waals surface area contributed by atoms with E-state index in [1.807, 2.05) is 20.9 Å². The highest BCUT2D eigenvalue weighted by Gasteiger charge is 2.32. The third-order valence-corrected chi connectivity index (χ3v) is 4.13. The van der Waals surface area contributed by atoms with Gasteiger partial charge in [0.15, 0.2) is 0 Å². The quantitative estimate of drug-likeness (QED) is 0.866. The van der Waals surface area contributed by atoms with E-state index in [9.17, 15) is 0 Å². The van der Waals surface area contributed by atoms with Gasteiger partial charge >= 0.3 is 0 Å². The Morgan fingerprint density at radius 2 is 2.11 bits per heavy atom. The number of rotatable bonds is 6. The van der Waals surface area contributed by atoms with Crippen LogP contribution < -0.4 is 5.73 Å². The van der Waals surface area contributed by atoms with E-state index in [1.165, 1.54) is 0 Å². The smallest absolute Gasteiger partial charge is 0.0847 e. The summed E-state index contributed by atoms with van der Waals surface area (Å²) in [7, 11) is 1.89. The molecular formula is C13H24ClN3O. The van der Waals surface area contributed by atoms with E-state index in [0.29, 0.717) is 18.1 Å². The van der Waals surface area contributed by atoms with Crippen LogP contribution in [-0.4, -0.2) is 28.0 Å². The van der Waals surface area contributed by atoms with Crippen molar-refractivity contribution in [2.45, 2.75) is 52.2 Å². The summed E-state index contributed by atoms with van der Waals surface area (Å²) in [6.45, 7) is 8.70. The number of nitrogens with zero attached hydrogens (tertiary/aromatic N) is 2. The molecule has 0 radical (unpaired) electrons. The molecule has 0 aliphatic rings. The molecule has 0 spiro atoms. The highest BCUT2D eigenvalue weighted by molar-refractivity contribution is 6.31. The van der Waals surface area contributed by atoms with Crippen LogP contribution in [0.5, 0.6) is 0 Å². The fourth-order valence-corrected chi connectivity index (χ4v) is 2.36. The number of nitrogens with two attached hydrogens (primary N) is 1. The Hall–Kier alpha value is -0.580. The Bertz CT molecular complexity index is 405. The van der Waals surface area contributed by atoms with E-state index in [0.717, 1.165) is 17.8 Å². The van der Waals surface area contributed by atoms with Crippen molar-refractivity contribution in [1.82, 2.24) is 9.78 Å². The van der Waals surface area contributed by atoms with Crippen molar-refractivity contribution in [2.75, 3.05) is 6.61 Å². The molecule has 0 fully saturated rings. The molecule has 1 heterocycles. The number of hydrogen-bond donors (Lipinski definition) is 1. The van der Waals surface area contributed by atoms with Gasteiger partial charge in [0.05, 0.1) is 22.0 Å². The van der Waals surface area contributed by atoms with Gasteiger partial charge in [-0.25, -0.2) is 0 Å². The zero-order valence-electron chi connectivity index (χ0n) is 12.0. The van der Waals surface area contributed by atoms with Gasteiger partial charge in [0.1, 0.15) is 0 Å². The van der Waals surface area contributed by atoms with E-state index in [4.69, 9.17) is 22.1 Å². The standard InChI is InChI=1S/C13H24ClN3O/c1-6-13(4,18-7-2)11(15)8-10-12(14)9(3)16-17(10)5/h11H,6-8,15H2,1-5H3. The van der Waals surface area contributed by atoms with Gasteiger partial charge in [0.25, 0.3) is 0 Å². The molecular weight excluding hydrogens is 250 g/mol. The molecule has 4 nitrogen and oxygen atoms in total. The number of halogens is 1. The topological polar surface area (TPSA) is 53.1 Å². The van der Waals surface area contributed by atoms with Gasteiger partial charge in [-0.1, -0.05) is 18.5 Å². The molecule has 18 heavy (non-hydrogen) atoms. The predicted octanol–water partition coefficient (Wildman–Crippen LogP) is 2.46. The van der Waals surface area contributed by atoms with Crippen molar-refractivity contribution < 1.29 is 4.74 Å². The Labute approximate surface area is 114 Å². The Kier molecular flexibility index (Phi) is 5.20. The molecule has 1 rings (SSSR count). The summed E-state index contributed by atoms with van der Waals surface area (Å²) in [5.41, 5.74) is 7.80. The molecule has 104 valence electrons. The second-order valence-corrected chi connectivity index (χ2v) is 5.26. The van der Waals surface area contributed by atoms with Crippen LogP contribution in [0.2, 0.25) is 5.02 Å². The lowest BCUT2D eigenvalue weighted by atomic mass is 9.90. The summed E-state index contributed by atoms with van der Waals surface area (Å²) in [6, 6.07) is -0.102. The molecule has 1 aromatic rings. The zero-order chi connectivity index (χ0) is 13.9. The third kappa shape index (κ3) is 3.05. The maximum Gasteiger partial charge on any atom is 0.0847 e. The molecule has 2 unspecified atom stereocenters. The lowest BCUT2D eigenvalue weighted by molar-refractivity contribution is -0.0464. The zero-order valence-corrected chi connectivity index (χ0v) is 12.7. The van der Waals surface area contributed by atoms with Crippen LogP contribution >= 0.6 is 11.6 Å². The fourth-order valence-electron chi connectivity index (χ4n) is 2.13. The lowest BCUT2D eigenvalue weighted by Gasteiger charge is -2.34. The van der Waals surface area contributed by atoms with Crippen molar-refractivity contribution in [3.05, 3.63) is 16.4 Å². The molecule has 0 saturated carbocycles. The number of hydrogen-bond acceptors (Lipinski definition) is 3. The first-order chi connectivity index (χ1) is 8.35. The predicted molar refractivity (Wildman–Crippen MR) is 75.0 cm³/mol. The molecule has 1 aromatic heterocycles. The van der Waals surface area contributed by atoms with Crippen molar-refractivity contribution in [3.63, 3.8) is 0 Å². The molecule has 5 heteroatoms. The molecule has 2 atom stereocenters. The fraction of sp³-hybridized carbons (Fsp3) is 0.769. The first-order valence-electron chi connectivity index (χ1n) is 6.43. The number of aromatic nitrogens is 2. The summed E-state index contributed by atoms with van der Waals surface area (Å²) in [4.78, 5) is 0. The van der Waals surface area contributed by atoms with Crippen LogP contribution in [0.4, 0.5) is 0 Å². The average molecular weight is 274 g/mol. The summed E-state index contributed by atoms with van der Waals surface area (Å²) in [6.07, 6.45) is 1.54. The minimum Gasteiger partial charge on any atom is -0.374 e. The van der Waals surface area contributed by atoms with E-state index in [-0.39, 0.29) is 11.6 Å². The van der Waals surface area contributed by atoms with Crippen LogP contribution in [0.15, 0.2) is 0 Å². The molecule has 0 aliphatic heterocycles. The lowest BCUT2D eigenvalue weighted by Crippen LogP contribution is -2.49. The van der Waals surface area contributed by atoms with Gasteiger partial charge in [-0.15, -0.1) is 0 Å². The Morgan fingerprint density at radius 3 is 2.50 bits per heavy atom. The highest BCUT2D eigenvalue weighted by Crippen LogP contribution is 2.26.